The zero-order chi connectivity index (χ0) is 13.0. The van der Waals surface area contributed by atoms with Crippen molar-refractivity contribution in [3.63, 3.8) is 0 Å². The van der Waals surface area contributed by atoms with Gasteiger partial charge in [0.2, 0.25) is 0 Å². The Labute approximate surface area is 108 Å². The van der Waals surface area contributed by atoms with Crippen molar-refractivity contribution in [3.8, 4) is 6.07 Å². The van der Waals surface area contributed by atoms with Crippen LogP contribution in [0.5, 0.6) is 0 Å². The van der Waals surface area contributed by atoms with E-state index in [-0.39, 0.29) is 5.92 Å². The number of benzene rings is 1. The van der Waals surface area contributed by atoms with E-state index in [1.807, 2.05) is 13.0 Å². The molecule has 2 rings (SSSR count). The Kier molecular flexibility index (Phi) is 4.01. The summed E-state index contributed by atoms with van der Waals surface area (Å²) in [5, 5.41) is 10.1. The molecule has 0 aliphatic heterocycles. The maximum absolute atomic E-state index is 8.80. The number of hydrogen-bond donors (Lipinski definition) is 1. The highest BCUT2D eigenvalue weighted by atomic mass is 15.1. The SMILES string of the molecule is CC(C#N)CN(C)CCc1c[nH]c2ccccc12. The summed E-state index contributed by atoms with van der Waals surface area (Å²) in [5.74, 6) is 0.0953. The molecule has 1 unspecified atom stereocenters. The van der Waals surface area contributed by atoms with Gasteiger partial charge in [-0.2, -0.15) is 5.26 Å². The van der Waals surface area contributed by atoms with Crippen LogP contribution in [0.1, 0.15) is 12.5 Å². The average molecular weight is 241 g/mol. The number of aromatic nitrogens is 1. The Balaban J connectivity index is 1.96. The van der Waals surface area contributed by atoms with Crippen LogP contribution in [0.15, 0.2) is 30.5 Å². The number of hydrogen-bond acceptors (Lipinski definition) is 2. The van der Waals surface area contributed by atoms with Crippen LogP contribution in [0.25, 0.3) is 10.9 Å². The molecule has 0 spiro atoms. The number of H-pyrrole nitrogens is 1. The van der Waals surface area contributed by atoms with Gasteiger partial charge >= 0.3 is 0 Å². The average Bonchev–Trinajstić information content (AvgIpc) is 2.79. The summed E-state index contributed by atoms with van der Waals surface area (Å²) in [5.41, 5.74) is 2.54. The molecule has 0 bridgehead atoms. The Morgan fingerprint density at radius 2 is 2.17 bits per heavy atom. The van der Waals surface area contributed by atoms with Gasteiger partial charge in [-0.3, -0.25) is 0 Å². The topological polar surface area (TPSA) is 42.8 Å². The maximum Gasteiger partial charge on any atom is 0.0666 e. The molecule has 1 aromatic carbocycles. The Morgan fingerprint density at radius 1 is 1.39 bits per heavy atom. The third-order valence-corrected chi connectivity index (χ3v) is 3.24. The summed E-state index contributed by atoms with van der Waals surface area (Å²) < 4.78 is 0. The third-order valence-electron chi connectivity index (χ3n) is 3.24. The molecule has 0 amide bonds. The van der Waals surface area contributed by atoms with Gasteiger partial charge < -0.3 is 9.88 Å². The van der Waals surface area contributed by atoms with Crippen LogP contribution in [0.3, 0.4) is 0 Å². The van der Waals surface area contributed by atoms with Crippen molar-refractivity contribution >= 4 is 10.9 Å². The fraction of sp³-hybridized carbons (Fsp3) is 0.400. The second-order valence-corrected chi connectivity index (χ2v) is 4.90. The number of nitrogens with one attached hydrogen (secondary N) is 1. The molecule has 1 heterocycles. The van der Waals surface area contributed by atoms with E-state index < -0.39 is 0 Å². The van der Waals surface area contributed by atoms with Crippen LogP contribution in [-0.4, -0.2) is 30.0 Å². The number of likely N-dealkylation sites (N-methyl/N-ethyl adjacent to an activating group) is 1. The van der Waals surface area contributed by atoms with Crippen LogP contribution in [0, 0.1) is 17.2 Å². The van der Waals surface area contributed by atoms with Crippen molar-refractivity contribution in [1.29, 1.82) is 5.26 Å². The fourth-order valence-corrected chi connectivity index (χ4v) is 2.25. The molecule has 0 aliphatic carbocycles. The van der Waals surface area contributed by atoms with Crippen molar-refractivity contribution in [3.05, 3.63) is 36.0 Å². The number of rotatable bonds is 5. The van der Waals surface area contributed by atoms with Crippen molar-refractivity contribution in [2.45, 2.75) is 13.3 Å². The molecule has 1 N–H and O–H groups in total. The van der Waals surface area contributed by atoms with E-state index in [9.17, 15) is 0 Å². The predicted octanol–water partition coefficient (Wildman–Crippen LogP) is 2.80. The first-order chi connectivity index (χ1) is 8.70. The lowest BCUT2D eigenvalue weighted by molar-refractivity contribution is 0.314. The van der Waals surface area contributed by atoms with Crippen LogP contribution < -0.4 is 0 Å². The van der Waals surface area contributed by atoms with Crippen LogP contribution in [0.4, 0.5) is 0 Å². The minimum atomic E-state index is 0.0953. The fourth-order valence-electron chi connectivity index (χ4n) is 2.25. The van der Waals surface area contributed by atoms with E-state index in [1.54, 1.807) is 0 Å². The molecule has 0 radical (unpaired) electrons. The Bertz CT molecular complexity index is 550. The summed E-state index contributed by atoms with van der Waals surface area (Å²) in [6.45, 7) is 3.77. The van der Waals surface area contributed by atoms with Gasteiger partial charge in [-0.15, -0.1) is 0 Å². The summed E-state index contributed by atoms with van der Waals surface area (Å²) >= 11 is 0. The van der Waals surface area contributed by atoms with Gasteiger partial charge in [0, 0.05) is 30.2 Å². The largest absolute Gasteiger partial charge is 0.361 e. The van der Waals surface area contributed by atoms with E-state index in [0.717, 1.165) is 19.5 Å². The summed E-state index contributed by atoms with van der Waals surface area (Å²) in [6, 6.07) is 10.6. The highest BCUT2D eigenvalue weighted by Crippen LogP contribution is 2.18. The number of nitrogens with zero attached hydrogens (tertiary/aromatic N) is 2. The van der Waals surface area contributed by atoms with E-state index in [0.29, 0.717) is 0 Å². The Hall–Kier alpha value is -1.79. The van der Waals surface area contributed by atoms with Gasteiger partial charge in [0.25, 0.3) is 0 Å². The zero-order valence-electron chi connectivity index (χ0n) is 11.0. The number of nitriles is 1. The number of aromatic amines is 1. The van der Waals surface area contributed by atoms with Crippen molar-refractivity contribution in [2.24, 2.45) is 5.92 Å². The normalized spacial score (nSPS) is 12.8. The molecule has 3 heteroatoms. The summed E-state index contributed by atoms with van der Waals surface area (Å²) in [4.78, 5) is 5.51. The summed E-state index contributed by atoms with van der Waals surface area (Å²) in [6.07, 6.45) is 3.10. The molecule has 0 fully saturated rings. The smallest absolute Gasteiger partial charge is 0.0666 e. The first-order valence-corrected chi connectivity index (χ1v) is 6.34. The second-order valence-electron chi connectivity index (χ2n) is 4.90. The van der Waals surface area contributed by atoms with Gasteiger partial charge in [0.1, 0.15) is 0 Å². The summed E-state index contributed by atoms with van der Waals surface area (Å²) in [7, 11) is 2.07. The lowest BCUT2D eigenvalue weighted by atomic mass is 10.1. The van der Waals surface area contributed by atoms with Crippen molar-refractivity contribution in [1.82, 2.24) is 9.88 Å². The minimum Gasteiger partial charge on any atom is -0.361 e. The molecule has 3 nitrogen and oxygen atoms in total. The van der Waals surface area contributed by atoms with Crippen molar-refractivity contribution in [2.75, 3.05) is 20.1 Å². The van der Waals surface area contributed by atoms with Crippen LogP contribution in [-0.2, 0) is 6.42 Å². The molecular formula is C15H19N3. The second kappa shape index (κ2) is 5.70. The lowest BCUT2D eigenvalue weighted by Crippen LogP contribution is -2.26. The first kappa shape index (κ1) is 12.7. The molecule has 18 heavy (non-hydrogen) atoms. The number of para-hydroxylation sites is 1. The quantitative estimate of drug-likeness (QED) is 0.874. The van der Waals surface area contributed by atoms with E-state index in [4.69, 9.17) is 5.26 Å². The van der Waals surface area contributed by atoms with Crippen LogP contribution in [0.2, 0.25) is 0 Å². The third kappa shape index (κ3) is 2.91. The molecule has 0 saturated carbocycles. The molecule has 0 saturated heterocycles. The molecule has 0 aliphatic rings. The predicted molar refractivity (Wildman–Crippen MR) is 74.3 cm³/mol. The minimum absolute atomic E-state index is 0.0953. The monoisotopic (exact) mass is 241 g/mol. The van der Waals surface area contributed by atoms with Crippen LogP contribution >= 0.6 is 0 Å². The maximum atomic E-state index is 8.80. The molecule has 94 valence electrons. The van der Waals surface area contributed by atoms with E-state index in [1.165, 1.54) is 16.5 Å². The van der Waals surface area contributed by atoms with Gasteiger partial charge in [-0.05, 0) is 32.0 Å². The highest BCUT2D eigenvalue weighted by molar-refractivity contribution is 5.83. The molecule has 2 aromatic rings. The lowest BCUT2D eigenvalue weighted by Gasteiger charge is -2.17. The van der Waals surface area contributed by atoms with E-state index >= 15 is 0 Å². The standard InChI is InChI=1S/C15H19N3/c1-12(9-16)11-18(2)8-7-13-10-17-15-6-4-3-5-14(13)15/h3-6,10,12,17H,7-8,11H2,1-2H3. The number of fused-ring (bicyclic) bond motifs is 1. The van der Waals surface area contributed by atoms with E-state index in [2.05, 4.69) is 47.4 Å². The first-order valence-electron chi connectivity index (χ1n) is 6.34. The van der Waals surface area contributed by atoms with Gasteiger partial charge in [-0.1, -0.05) is 18.2 Å². The highest BCUT2D eigenvalue weighted by Gasteiger charge is 2.07. The zero-order valence-corrected chi connectivity index (χ0v) is 11.0. The Morgan fingerprint density at radius 3 is 2.94 bits per heavy atom. The van der Waals surface area contributed by atoms with Gasteiger partial charge in [0.15, 0.2) is 0 Å². The van der Waals surface area contributed by atoms with Crippen molar-refractivity contribution < 1.29 is 0 Å². The molecular weight excluding hydrogens is 222 g/mol. The van der Waals surface area contributed by atoms with Gasteiger partial charge in [0.05, 0.1) is 12.0 Å². The van der Waals surface area contributed by atoms with Gasteiger partial charge in [-0.25, -0.2) is 0 Å². The molecule has 1 aromatic heterocycles. The molecule has 1 atom stereocenters.